The molecule has 3 fully saturated rings. The normalized spacial score (nSPS) is 66.8. The van der Waals surface area contributed by atoms with Gasteiger partial charge in [-0.15, -0.1) is 0 Å². The lowest BCUT2D eigenvalue weighted by Crippen LogP contribution is -2.16. The molecule has 68 valence electrons. The van der Waals surface area contributed by atoms with Gasteiger partial charge < -0.3 is 9.84 Å². The van der Waals surface area contributed by atoms with Crippen LogP contribution >= 0.6 is 0 Å². The second-order valence-electron chi connectivity index (χ2n) is 5.24. The van der Waals surface area contributed by atoms with Crippen molar-refractivity contribution >= 4 is 0 Å². The van der Waals surface area contributed by atoms with Crippen LogP contribution in [0.25, 0.3) is 0 Å². The van der Waals surface area contributed by atoms with Crippen LogP contribution < -0.4 is 0 Å². The van der Waals surface area contributed by atoms with E-state index in [9.17, 15) is 5.11 Å². The molecule has 1 aliphatic heterocycles. The Morgan fingerprint density at radius 1 is 1.42 bits per heavy atom. The molecule has 0 bridgehead atoms. The second kappa shape index (κ2) is 1.73. The maximum absolute atomic E-state index is 9.24. The van der Waals surface area contributed by atoms with Gasteiger partial charge in [0, 0.05) is 6.61 Å². The molecule has 3 rings (SSSR count). The highest BCUT2D eigenvalue weighted by atomic mass is 16.6. The summed E-state index contributed by atoms with van der Waals surface area (Å²) in [7, 11) is 0. The van der Waals surface area contributed by atoms with Crippen molar-refractivity contribution in [3.8, 4) is 0 Å². The second-order valence-corrected chi connectivity index (χ2v) is 5.24. The average molecular weight is 168 g/mol. The van der Waals surface area contributed by atoms with E-state index in [0.29, 0.717) is 12.7 Å². The molecule has 1 saturated heterocycles. The average Bonchev–Trinajstić information content (AvgIpc) is 2.85. The molecule has 0 amide bonds. The first kappa shape index (κ1) is 7.34. The summed E-state index contributed by atoms with van der Waals surface area (Å²) in [5, 5.41) is 9.24. The molecule has 5 atom stereocenters. The van der Waals surface area contributed by atoms with Crippen LogP contribution in [0.2, 0.25) is 0 Å². The third-order valence-corrected chi connectivity index (χ3v) is 4.54. The molecule has 2 saturated carbocycles. The number of hydrogen-bond acceptors (Lipinski definition) is 2. The lowest BCUT2D eigenvalue weighted by Gasteiger charge is -2.09. The van der Waals surface area contributed by atoms with Gasteiger partial charge in [-0.05, 0) is 37.0 Å². The molecule has 1 N–H and O–H groups in total. The Morgan fingerprint density at radius 2 is 2.17 bits per heavy atom. The molecule has 0 aromatic heterocycles. The molecule has 2 aliphatic carbocycles. The van der Waals surface area contributed by atoms with Gasteiger partial charge in [0.1, 0.15) is 0 Å². The number of fused-ring (bicyclic) bond motifs is 2. The Morgan fingerprint density at radius 3 is 2.75 bits per heavy atom. The van der Waals surface area contributed by atoms with Crippen molar-refractivity contribution in [1.82, 2.24) is 0 Å². The fourth-order valence-corrected chi connectivity index (χ4v) is 3.24. The maximum Gasteiger partial charge on any atom is 0.0923 e. The van der Waals surface area contributed by atoms with Gasteiger partial charge in [-0.2, -0.15) is 0 Å². The number of rotatable bonds is 1. The third-order valence-electron chi connectivity index (χ3n) is 4.54. The van der Waals surface area contributed by atoms with Gasteiger partial charge in [0.25, 0.3) is 0 Å². The van der Waals surface area contributed by atoms with E-state index < -0.39 is 0 Å². The van der Waals surface area contributed by atoms with E-state index in [1.165, 1.54) is 12.8 Å². The maximum atomic E-state index is 9.24. The summed E-state index contributed by atoms with van der Waals surface area (Å²) >= 11 is 0. The van der Waals surface area contributed by atoms with Crippen LogP contribution in [-0.4, -0.2) is 23.4 Å². The van der Waals surface area contributed by atoms with E-state index in [0.717, 1.165) is 11.8 Å². The molecule has 12 heavy (non-hydrogen) atoms. The van der Waals surface area contributed by atoms with Crippen molar-refractivity contribution in [3.63, 3.8) is 0 Å². The molecular weight excluding hydrogens is 152 g/mol. The zero-order valence-corrected chi connectivity index (χ0v) is 7.71. The van der Waals surface area contributed by atoms with Gasteiger partial charge >= 0.3 is 0 Å². The van der Waals surface area contributed by atoms with Crippen molar-refractivity contribution in [2.24, 2.45) is 17.3 Å². The van der Waals surface area contributed by atoms with Crippen LogP contribution in [0.1, 0.15) is 26.7 Å². The van der Waals surface area contributed by atoms with Crippen molar-refractivity contribution in [2.45, 2.75) is 38.4 Å². The van der Waals surface area contributed by atoms with Crippen LogP contribution in [0.3, 0.4) is 0 Å². The Balaban J connectivity index is 1.81. The largest absolute Gasteiger partial charge is 0.396 e. The minimum Gasteiger partial charge on any atom is -0.396 e. The van der Waals surface area contributed by atoms with Crippen molar-refractivity contribution in [1.29, 1.82) is 0 Å². The summed E-state index contributed by atoms with van der Waals surface area (Å²) < 4.78 is 5.62. The van der Waals surface area contributed by atoms with Crippen LogP contribution in [0.4, 0.5) is 0 Å². The Bertz CT molecular complexity index is 240. The predicted molar refractivity (Wildman–Crippen MR) is 44.7 cm³/mol. The van der Waals surface area contributed by atoms with Crippen LogP contribution in [-0.2, 0) is 4.74 Å². The van der Waals surface area contributed by atoms with Crippen molar-refractivity contribution in [2.75, 3.05) is 6.61 Å². The van der Waals surface area contributed by atoms with E-state index in [4.69, 9.17) is 4.74 Å². The van der Waals surface area contributed by atoms with E-state index >= 15 is 0 Å². The van der Waals surface area contributed by atoms with Gasteiger partial charge in [0.15, 0.2) is 0 Å². The fourth-order valence-electron chi connectivity index (χ4n) is 3.24. The van der Waals surface area contributed by atoms with Crippen molar-refractivity contribution < 1.29 is 9.84 Å². The highest BCUT2D eigenvalue weighted by Crippen LogP contribution is 2.70. The molecular formula is C10H16O2. The quantitative estimate of drug-likeness (QED) is 0.596. The summed E-state index contributed by atoms with van der Waals surface area (Å²) in [4.78, 5) is 0. The van der Waals surface area contributed by atoms with Gasteiger partial charge in [0.2, 0.25) is 0 Å². The van der Waals surface area contributed by atoms with Crippen LogP contribution in [0, 0.1) is 17.3 Å². The first-order chi connectivity index (χ1) is 5.60. The fraction of sp³-hybridized carbons (Fsp3) is 1.00. The monoisotopic (exact) mass is 168 g/mol. The Labute approximate surface area is 72.9 Å². The number of aliphatic hydroxyl groups is 1. The molecule has 1 heterocycles. The summed E-state index contributed by atoms with van der Waals surface area (Å²) in [5.74, 6) is 1.49. The Kier molecular flexibility index (Phi) is 1.06. The first-order valence-electron chi connectivity index (χ1n) is 4.89. The summed E-state index contributed by atoms with van der Waals surface area (Å²) in [6.07, 6.45) is 2.89. The van der Waals surface area contributed by atoms with Crippen molar-refractivity contribution in [3.05, 3.63) is 0 Å². The molecule has 0 spiro atoms. The summed E-state index contributed by atoms with van der Waals surface area (Å²) in [6, 6.07) is 0. The first-order valence-corrected chi connectivity index (χ1v) is 4.89. The molecule has 2 heteroatoms. The van der Waals surface area contributed by atoms with E-state index in [1.54, 1.807) is 0 Å². The standard InChI is InChI=1S/C10H16O2/c1-9(5-11)6-3-8-10(2,12-8)4-7(6)9/h6-8,11H,3-5H2,1-2H3. The number of aliphatic hydroxyl groups excluding tert-OH is 1. The predicted octanol–water partition coefficient (Wildman–Crippen LogP) is 1.18. The van der Waals surface area contributed by atoms with Gasteiger partial charge in [-0.3, -0.25) is 0 Å². The molecule has 0 radical (unpaired) electrons. The molecule has 5 unspecified atom stereocenters. The van der Waals surface area contributed by atoms with E-state index in [-0.39, 0.29) is 11.0 Å². The zero-order chi connectivity index (χ0) is 8.56. The minimum absolute atomic E-state index is 0.202. The van der Waals surface area contributed by atoms with Gasteiger partial charge in [-0.1, -0.05) is 6.92 Å². The SMILES string of the molecule is CC12CC3C(CC1O2)C3(C)CO. The highest BCUT2D eigenvalue weighted by molar-refractivity contribution is 5.19. The van der Waals surface area contributed by atoms with Crippen LogP contribution in [0.15, 0.2) is 0 Å². The lowest BCUT2D eigenvalue weighted by molar-refractivity contribution is 0.190. The number of epoxide rings is 1. The molecule has 0 aromatic carbocycles. The topological polar surface area (TPSA) is 32.8 Å². The van der Waals surface area contributed by atoms with Gasteiger partial charge in [-0.25, -0.2) is 0 Å². The summed E-state index contributed by atoms with van der Waals surface area (Å²) in [6.45, 7) is 4.80. The molecule has 0 aromatic rings. The number of ether oxygens (including phenoxy) is 1. The number of hydrogen-bond donors (Lipinski definition) is 1. The lowest BCUT2D eigenvalue weighted by atomic mass is 9.91. The zero-order valence-electron chi connectivity index (χ0n) is 7.71. The highest BCUT2D eigenvalue weighted by Gasteiger charge is 2.72. The minimum atomic E-state index is 0.202. The Hall–Kier alpha value is -0.0800. The van der Waals surface area contributed by atoms with E-state index in [2.05, 4.69) is 13.8 Å². The van der Waals surface area contributed by atoms with Crippen LogP contribution in [0.5, 0.6) is 0 Å². The summed E-state index contributed by atoms with van der Waals surface area (Å²) in [5.41, 5.74) is 0.452. The van der Waals surface area contributed by atoms with Gasteiger partial charge in [0.05, 0.1) is 11.7 Å². The third kappa shape index (κ3) is 0.647. The molecule has 3 aliphatic rings. The molecule has 2 nitrogen and oxygen atoms in total. The smallest absolute Gasteiger partial charge is 0.0923 e. The van der Waals surface area contributed by atoms with E-state index in [1.807, 2.05) is 0 Å².